The molecule has 0 bridgehead atoms. The number of para-hydroxylation sites is 1. The summed E-state index contributed by atoms with van der Waals surface area (Å²) in [4.78, 5) is 14.8. The maximum absolute atomic E-state index is 12.8. The van der Waals surface area contributed by atoms with Crippen molar-refractivity contribution in [3.05, 3.63) is 41.7 Å². The van der Waals surface area contributed by atoms with Crippen LogP contribution in [-0.2, 0) is 17.8 Å². The van der Waals surface area contributed by atoms with Gasteiger partial charge in [0.2, 0.25) is 5.91 Å². The van der Waals surface area contributed by atoms with Gasteiger partial charge in [-0.25, -0.2) is 4.68 Å². The summed E-state index contributed by atoms with van der Waals surface area (Å²) in [6.45, 7) is 1.80. The highest BCUT2D eigenvalue weighted by atomic mass is 16.5. The fourth-order valence-electron chi connectivity index (χ4n) is 3.66. The number of hydrogen-bond acceptors (Lipinski definition) is 5. The van der Waals surface area contributed by atoms with Crippen molar-refractivity contribution in [2.75, 3.05) is 19.7 Å². The number of nitrogens with zero attached hydrogens (tertiary/aromatic N) is 4. The molecule has 1 N–H and O–H groups in total. The summed E-state index contributed by atoms with van der Waals surface area (Å²) in [6, 6.07) is 8.17. The molecule has 1 aromatic heterocycles. The Hall–Kier alpha value is -2.41. The summed E-state index contributed by atoms with van der Waals surface area (Å²) in [7, 11) is 0. The number of fused-ring (bicyclic) bond motifs is 1. The van der Waals surface area contributed by atoms with E-state index in [4.69, 9.17) is 9.84 Å². The van der Waals surface area contributed by atoms with E-state index in [1.165, 1.54) is 0 Å². The molecule has 2 aliphatic rings. The molecule has 3 heterocycles. The monoisotopic (exact) mass is 342 g/mol. The first-order chi connectivity index (χ1) is 12.2. The number of likely N-dealkylation sites (tertiary alicyclic amines) is 1. The number of aromatic nitrogens is 3. The highest BCUT2D eigenvalue weighted by Gasteiger charge is 2.32. The van der Waals surface area contributed by atoms with Gasteiger partial charge in [0.25, 0.3) is 0 Å². The molecule has 25 heavy (non-hydrogen) atoms. The lowest BCUT2D eigenvalue weighted by atomic mass is 9.94. The summed E-state index contributed by atoms with van der Waals surface area (Å²) >= 11 is 0. The van der Waals surface area contributed by atoms with E-state index in [1.54, 1.807) is 6.20 Å². The van der Waals surface area contributed by atoms with Crippen LogP contribution < -0.4 is 4.74 Å². The summed E-state index contributed by atoms with van der Waals surface area (Å²) in [6.07, 6.45) is 4.24. The number of aliphatic hydroxyl groups is 1. The number of carbonyl (C=O) groups is 1. The van der Waals surface area contributed by atoms with Crippen molar-refractivity contribution < 1.29 is 14.6 Å². The zero-order valence-electron chi connectivity index (χ0n) is 14.0. The minimum absolute atomic E-state index is 0.0967. The number of piperidine rings is 1. The van der Waals surface area contributed by atoms with Gasteiger partial charge in [-0.15, -0.1) is 5.10 Å². The zero-order chi connectivity index (χ0) is 17.2. The Morgan fingerprint density at radius 3 is 2.84 bits per heavy atom. The van der Waals surface area contributed by atoms with E-state index < -0.39 is 0 Å². The Bertz CT molecular complexity index is 752. The molecule has 0 unspecified atom stereocenters. The quantitative estimate of drug-likeness (QED) is 0.906. The second kappa shape index (κ2) is 6.84. The van der Waals surface area contributed by atoms with Gasteiger partial charge in [0.1, 0.15) is 18.1 Å². The van der Waals surface area contributed by atoms with Gasteiger partial charge in [0.15, 0.2) is 0 Å². The lowest BCUT2D eigenvalue weighted by Gasteiger charge is -2.35. The van der Waals surface area contributed by atoms with Gasteiger partial charge in [0, 0.05) is 13.1 Å². The van der Waals surface area contributed by atoms with Gasteiger partial charge >= 0.3 is 0 Å². The van der Waals surface area contributed by atoms with Gasteiger partial charge in [-0.1, -0.05) is 23.4 Å². The zero-order valence-corrected chi connectivity index (χ0v) is 14.0. The van der Waals surface area contributed by atoms with Crippen LogP contribution in [0.4, 0.5) is 0 Å². The number of hydrogen-bond donors (Lipinski definition) is 1. The molecule has 7 nitrogen and oxygen atoms in total. The number of benzene rings is 1. The largest absolute Gasteiger partial charge is 0.492 e. The number of ether oxygens (including phenoxy) is 1. The molecule has 2 aliphatic heterocycles. The van der Waals surface area contributed by atoms with Gasteiger partial charge in [0.05, 0.1) is 24.8 Å². The van der Waals surface area contributed by atoms with Crippen LogP contribution in [-0.4, -0.2) is 50.6 Å². The summed E-state index contributed by atoms with van der Waals surface area (Å²) < 4.78 is 7.57. The van der Waals surface area contributed by atoms with Gasteiger partial charge in [-0.05, 0) is 30.9 Å². The van der Waals surface area contributed by atoms with Crippen LogP contribution >= 0.6 is 0 Å². The standard InChI is InChI=1S/C18H22N4O3/c23-11-15-10-22(20-19-15)16-5-7-21(8-6-16)18(24)14-9-13-3-1-2-4-17(13)25-12-14/h1-4,10,14,16,23H,5-9,11-12H2/t14-/m1/s1. The molecule has 1 amide bonds. The molecule has 0 aliphatic carbocycles. The van der Waals surface area contributed by atoms with E-state index in [9.17, 15) is 4.79 Å². The third-order valence-corrected chi connectivity index (χ3v) is 5.10. The van der Waals surface area contributed by atoms with Crippen molar-refractivity contribution in [2.45, 2.75) is 31.9 Å². The summed E-state index contributed by atoms with van der Waals surface area (Å²) in [5.74, 6) is 0.984. The van der Waals surface area contributed by atoms with E-state index in [0.717, 1.165) is 43.7 Å². The molecule has 1 fully saturated rings. The highest BCUT2D eigenvalue weighted by molar-refractivity contribution is 5.80. The number of rotatable bonds is 3. The van der Waals surface area contributed by atoms with Crippen LogP contribution in [0.5, 0.6) is 5.75 Å². The molecule has 0 radical (unpaired) electrons. The first kappa shape index (κ1) is 16.1. The first-order valence-corrected chi connectivity index (χ1v) is 8.75. The Kier molecular flexibility index (Phi) is 4.40. The average Bonchev–Trinajstić information content (AvgIpc) is 3.16. The third-order valence-electron chi connectivity index (χ3n) is 5.10. The van der Waals surface area contributed by atoms with Crippen molar-refractivity contribution in [1.82, 2.24) is 19.9 Å². The van der Waals surface area contributed by atoms with Crippen LogP contribution in [0.3, 0.4) is 0 Å². The SMILES string of the molecule is O=C([C@H]1COc2ccccc2C1)N1CCC(n2cc(CO)nn2)CC1. The molecule has 2 aromatic rings. The van der Waals surface area contributed by atoms with E-state index in [-0.39, 0.29) is 24.5 Å². The minimum atomic E-state index is -0.0983. The van der Waals surface area contributed by atoms with Crippen molar-refractivity contribution in [3.8, 4) is 5.75 Å². The fraction of sp³-hybridized carbons (Fsp3) is 0.500. The number of aliphatic hydroxyl groups excluding tert-OH is 1. The molecular weight excluding hydrogens is 320 g/mol. The molecule has 0 spiro atoms. The maximum atomic E-state index is 12.8. The van der Waals surface area contributed by atoms with E-state index in [2.05, 4.69) is 10.3 Å². The molecule has 0 saturated carbocycles. The molecule has 4 rings (SSSR count). The molecule has 132 valence electrons. The molecule has 1 aromatic carbocycles. The Labute approximate surface area is 146 Å². The Morgan fingerprint density at radius 1 is 1.28 bits per heavy atom. The number of carbonyl (C=O) groups excluding carboxylic acids is 1. The normalized spacial score (nSPS) is 20.8. The molecule has 1 saturated heterocycles. The highest BCUT2D eigenvalue weighted by Crippen LogP contribution is 2.29. The predicted octanol–water partition coefficient (Wildman–Crippen LogP) is 1.19. The van der Waals surface area contributed by atoms with E-state index in [0.29, 0.717) is 12.3 Å². The van der Waals surface area contributed by atoms with Crippen LogP contribution in [0.25, 0.3) is 0 Å². The molecule has 1 atom stereocenters. The number of amides is 1. The third kappa shape index (κ3) is 3.24. The van der Waals surface area contributed by atoms with Crippen LogP contribution in [0, 0.1) is 5.92 Å². The summed E-state index contributed by atoms with van der Waals surface area (Å²) in [5.41, 5.74) is 1.69. The predicted molar refractivity (Wildman–Crippen MR) is 89.9 cm³/mol. The van der Waals surface area contributed by atoms with Gasteiger partial charge < -0.3 is 14.7 Å². The van der Waals surface area contributed by atoms with Crippen molar-refractivity contribution in [1.29, 1.82) is 0 Å². The second-order valence-corrected chi connectivity index (χ2v) is 6.72. The van der Waals surface area contributed by atoms with E-state index >= 15 is 0 Å². The second-order valence-electron chi connectivity index (χ2n) is 6.72. The van der Waals surface area contributed by atoms with Crippen molar-refractivity contribution >= 4 is 5.91 Å². The lowest BCUT2D eigenvalue weighted by Crippen LogP contribution is -2.45. The molecular formula is C18H22N4O3. The topological polar surface area (TPSA) is 80.5 Å². The Morgan fingerprint density at radius 2 is 2.08 bits per heavy atom. The van der Waals surface area contributed by atoms with Crippen LogP contribution in [0.15, 0.2) is 30.5 Å². The van der Waals surface area contributed by atoms with Gasteiger partial charge in [-0.3, -0.25) is 4.79 Å². The first-order valence-electron chi connectivity index (χ1n) is 8.75. The smallest absolute Gasteiger partial charge is 0.229 e. The average molecular weight is 342 g/mol. The molecule has 7 heteroatoms. The van der Waals surface area contributed by atoms with Crippen LogP contribution in [0.2, 0.25) is 0 Å². The minimum Gasteiger partial charge on any atom is -0.492 e. The maximum Gasteiger partial charge on any atom is 0.229 e. The van der Waals surface area contributed by atoms with Crippen LogP contribution in [0.1, 0.15) is 30.1 Å². The Balaban J connectivity index is 1.35. The summed E-state index contributed by atoms with van der Waals surface area (Å²) in [5, 5.41) is 17.1. The van der Waals surface area contributed by atoms with Crippen molar-refractivity contribution in [2.24, 2.45) is 5.92 Å². The van der Waals surface area contributed by atoms with Gasteiger partial charge in [-0.2, -0.15) is 0 Å². The van der Waals surface area contributed by atoms with Crippen molar-refractivity contribution in [3.63, 3.8) is 0 Å². The van der Waals surface area contributed by atoms with E-state index in [1.807, 2.05) is 33.8 Å². The fourth-order valence-corrected chi connectivity index (χ4v) is 3.66. The lowest BCUT2D eigenvalue weighted by molar-refractivity contribution is -0.138.